The minimum Gasteiger partial charge on any atom is -0.379 e. The first kappa shape index (κ1) is 6.92. The Bertz CT molecular complexity index is 37.1. The number of hydrogen-bond acceptors (Lipinski definition) is 2. The van der Waals surface area contributed by atoms with Crippen molar-refractivity contribution in [3.05, 3.63) is 6.92 Å². The fourth-order valence-electron chi connectivity index (χ4n) is 0.311. The van der Waals surface area contributed by atoms with Crippen LogP contribution in [0.15, 0.2) is 0 Å². The van der Waals surface area contributed by atoms with Gasteiger partial charge in [-0.3, -0.25) is 5.32 Å². The molecule has 0 spiro atoms. The van der Waals surface area contributed by atoms with Crippen molar-refractivity contribution in [2.24, 2.45) is 0 Å². The molecule has 0 fully saturated rings. The lowest BCUT2D eigenvalue weighted by atomic mass is 10.5. The van der Waals surface area contributed by atoms with Crippen molar-refractivity contribution in [3.8, 4) is 0 Å². The lowest BCUT2D eigenvalue weighted by Gasteiger charge is -2.02. The van der Waals surface area contributed by atoms with Gasteiger partial charge in [0.15, 0.2) is 0 Å². The topological polar surface area (TPSA) is 32.3 Å². The van der Waals surface area contributed by atoms with Gasteiger partial charge in [-0.15, -0.1) is 0 Å². The Morgan fingerprint density at radius 3 is 2.57 bits per heavy atom. The monoisotopic (exact) mass is 102 g/mol. The van der Waals surface area contributed by atoms with Gasteiger partial charge in [0.25, 0.3) is 0 Å². The van der Waals surface area contributed by atoms with Crippen LogP contribution in [0, 0.1) is 6.92 Å². The van der Waals surface area contributed by atoms with E-state index >= 15 is 0 Å². The molecule has 43 valence electrons. The van der Waals surface area contributed by atoms with Gasteiger partial charge in [-0.2, -0.15) is 0 Å². The molecule has 1 atom stereocenters. The van der Waals surface area contributed by atoms with Crippen molar-refractivity contribution in [1.82, 2.24) is 5.32 Å². The SMILES string of the molecule is [CH2]C(O)NCCC. The number of rotatable bonds is 3. The van der Waals surface area contributed by atoms with E-state index < -0.39 is 6.23 Å². The van der Waals surface area contributed by atoms with E-state index in [2.05, 4.69) is 12.2 Å². The predicted molar refractivity (Wildman–Crippen MR) is 29.7 cm³/mol. The molecule has 0 rings (SSSR count). The smallest absolute Gasteiger partial charge is 0.105 e. The average Bonchev–Trinajstić information content (AvgIpc) is 1.61. The molecule has 0 saturated carbocycles. The standard InChI is InChI=1S/C5H12NO/c1-3-4-6-5(2)7/h5-7H,2-4H2,1H3. The van der Waals surface area contributed by atoms with E-state index in [4.69, 9.17) is 5.11 Å². The van der Waals surface area contributed by atoms with E-state index in [1.165, 1.54) is 0 Å². The third-order valence-corrected chi connectivity index (χ3v) is 0.630. The van der Waals surface area contributed by atoms with Crippen LogP contribution in [0.3, 0.4) is 0 Å². The molecular weight excluding hydrogens is 90.1 g/mol. The summed E-state index contributed by atoms with van der Waals surface area (Å²) in [4.78, 5) is 0. The summed E-state index contributed by atoms with van der Waals surface area (Å²) in [7, 11) is 0. The van der Waals surface area contributed by atoms with Crippen molar-refractivity contribution in [2.75, 3.05) is 6.54 Å². The molecule has 0 aromatic rings. The van der Waals surface area contributed by atoms with Crippen molar-refractivity contribution < 1.29 is 5.11 Å². The molecular formula is C5H12NO. The van der Waals surface area contributed by atoms with Gasteiger partial charge in [0.05, 0.1) is 0 Å². The summed E-state index contributed by atoms with van der Waals surface area (Å²) in [6, 6.07) is 0. The maximum absolute atomic E-state index is 8.46. The van der Waals surface area contributed by atoms with Crippen LogP contribution in [0.4, 0.5) is 0 Å². The summed E-state index contributed by atoms with van der Waals surface area (Å²) < 4.78 is 0. The number of aliphatic hydroxyl groups excluding tert-OH is 1. The number of nitrogens with one attached hydrogen (secondary N) is 1. The lowest BCUT2D eigenvalue weighted by Crippen LogP contribution is -2.25. The van der Waals surface area contributed by atoms with Crippen LogP contribution in [-0.4, -0.2) is 17.9 Å². The van der Waals surface area contributed by atoms with Crippen molar-refractivity contribution >= 4 is 0 Å². The molecule has 2 N–H and O–H groups in total. The highest BCUT2D eigenvalue weighted by Gasteiger charge is 1.87. The Hall–Kier alpha value is -0.0800. The van der Waals surface area contributed by atoms with Gasteiger partial charge in [0, 0.05) is 0 Å². The molecule has 2 heteroatoms. The van der Waals surface area contributed by atoms with Crippen LogP contribution in [0.25, 0.3) is 0 Å². The minimum atomic E-state index is -0.597. The zero-order valence-electron chi connectivity index (χ0n) is 4.65. The van der Waals surface area contributed by atoms with Crippen LogP contribution >= 0.6 is 0 Å². The van der Waals surface area contributed by atoms with Crippen molar-refractivity contribution in [1.29, 1.82) is 0 Å². The Kier molecular flexibility index (Phi) is 4.04. The molecule has 0 aromatic heterocycles. The molecule has 0 bridgehead atoms. The second-order valence-electron chi connectivity index (χ2n) is 1.47. The summed E-state index contributed by atoms with van der Waals surface area (Å²) in [6.45, 7) is 6.20. The van der Waals surface area contributed by atoms with E-state index in [0.717, 1.165) is 13.0 Å². The zero-order valence-corrected chi connectivity index (χ0v) is 4.65. The largest absolute Gasteiger partial charge is 0.379 e. The van der Waals surface area contributed by atoms with E-state index in [-0.39, 0.29) is 0 Å². The molecule has 1 unspecified atom stereocenters. The van der Waals surface area contributed by atoms with Gasteiger partial charge in [0.1, 0.15) is 6.23 Å². The van der Waals surface area contributed by atoms with Crippen LogP contribution in [0.2, 0.25) is 0 Å². The Balaban J connectivity index is 2.68. The summed E-state index contributed by atoms with van der Waals surface area (Å²) in [6.07, 6.45) is 0.437. The third-order valence-electron chi connectivity index (χ3n) is 0.630. The second-order valence-corrected chi connectivity index (χ2v) is 1.47. The van der Waals surface area contributed by atoms with Crippen LogP contribution in [-0.2, 0) is 0 Å². The molecule has 0 aromatic carbocycles. The van der Waals surface area contributed by atoms with Crippen molar-refractivity contribution in [3.63, 3.8) is 0 Å². The van der Waals surface area contributed by atoms with Crippen LogP contribution < -0.4 is 5.32 Å². The highest BCUT2D eigenvalue weighted by molar-refractivity contribution is 4.51. The fraction of sp³-hybridized carbons (Fsp3) is 0.800. The van der Waals surface area contributed by atoms with Gasteiger partial charge < -0.3 is 5.11 Å². The third kappa shape index (κ3) is 5.92. The van der Waals surface area contributed by atoms with E-state index in [1.807, 2.05) is 6.92 Å². The van der Waals surface area contributed by atoms with Gasteiger partial charge in [-0.25, -0.2) is 0 Å². The van der Waals surface area contributed by atoms with E-state index in [9.17, 15) is 0 Å². The number of aliphatic hydroxyl groups is 1. The second kappa shape index (κ2) is 4.09. The molecule has 0 aliphatic heterocycles. The van der Waals surface area contributed by atoms with Gasteiger partial charge >= 0.3 is 0 Å². The molecule has 0 aliphatic carbocycles. The van der Waals surface area contributed by atoms with Crippen LogP contribution in [0.1, 0.15) is 13.3 Å². The highest BCUT2D eigenvalue weighted by Crippen LogP contribution is 1.72. The Labute approximate surface area is 44.5 Å². The maximum atomic E-state index is 8.46. The number of hydrogen-bond donors (Lipinski definition) is 2. The zero-order chi connectivity index (χ0) is 5.70. The maximum Gasteiger partial charge on any atom is 0.105 e. The van der Waals surface area contributed by atoms with E-state index in [0.29, 0.717) is 0 Å². The highest BCUT2D eigenvalue weighted by atomic mass is 16.3. The first-order valence-electron chi connectivity index (χ1n) is 2.52. The quantitative estimate of drug-likeness (QED) is 0.497. The molecule has 2 nitrogen and oxygen atoms in total. The van der Waals surface area contributed by atoms with E-state index in [1.54, 1.807) is 0 Å². The normalized spacial score (nSPS) is 14.1. The molecule has 0 saturated heterocycles. The molecule has 7 heavy (non-hydrogen) atoms. The Morgan fingerprint density at radius 2 is 2.43 bits per heavy atom. The summed E-state index contributed by atoms with van der Waals surface area (Å²) in [5, 5.41) is 11.2. The fourth-order valence-corrected chi connectivity index (χ4v) is 0.311. The minimum absolute atomic E-state index is 0.597. The molecule has 0 amide bonds. The molecule has 1 radical (unpaired) electrons. The summed E-state index contributed by atoms with van der Waals surface area (Å²) >= 11 is 0. The van der Waals surface area contributed by atoms with Crippen molar-refractivity contribution in [2.45, 2.75) is 19.6 Å². The predicted octanol–water partition coefficient (Wildman–Crippen LogP) is 0.138. The first-order valence-corrected chi connectivity index (χ1v) is 2.52. The summed E-state index contributed by atoms with van der Waals surface area (Å²) in [5.74, 6) is 0. The molecule has 0 aliphatic rings. The van der Waals surface area contributed by atoms with Gasteiger partial charge in [0.2, 0.25) is 0 Å². The molecule has 0 heterocycles. The summed E-state index contributed by atoms with van der Waals surface area (Å²) in [5.41, 5.74) is 0. The Morgan fingerprint density at radius 1 is 1.86 bits per heavy atom. The van der Waals surface area contributed by atoms with Gasteiger partial charge in [-0.05, 0) is 19.9 Å². The average molecular weight is 102 g/mol. The van der Waals surface area contributed by atoms with Gasteiger partial charge in [-0.1, -0.05) is 6.92 Å². The first-order chi connectivity index (χ1) is 3.27. The van der Waals surface area contributed by atoms with Crippen LogP contribution in [0.5, 0.6) is 0 Å². The lowest BCUT2D eigenvalue weighted by molar-refractivity contribution is 0.182.